The summed E-state index contributed by atoms with van der Waals surface area (Å²) in [5, 5.41) is 6.11. The molecule has 22 heavy (non-hydrogen) atoms. The van der Waals surface area contributed by atoms with E-state index in [0.29, 0.717) is 11.6 Å². The summed E-state index contributed by atoms with van der Waals surface area (Å²) >= 11 is 4.86. The molecule has 0 fully saturated rings. The molecule has 114 valence electrons. The molecule has 0 unspecified atom stereocenters. The first kappa shape index (κ1) is 15.9. The van der Waals surface area contributed by atoms with E-state index in [2.05, 4.69) is 15.8 Å². The molecule has 2 aromatic rings. The maximum absolute atomic E-state index is 13.4. The molecule has 0 saturated heterocycles. The fourth-order valence-corrected chi connectivity index (χ4v) is 1.66. The highest BCUT2D eigenvalue weighted by Crippen LogP contribution is 2.14. The van der Waals surface area contributed by atoms with Gasteiger partial charge in [-0.1, -0.05) is 6.07 Å². The number of benzene rings is 2. The van der Waals surface area contributed by atoms with Crippen LogP contribution in [0.5, 0.6) is 0 Å². The Morgan fingerprint density at radius 2 is 1.73 bits per heavy atom. The van der Waals surface area contributed by atoms with Gasteiger partial charge in [0.2, 0.25) is 0 Å². The summed E-state index contributed by atoms with van der Waals surface area (Å²) in [5.41, 5.74) is 2.65. The monoisotopic (exact) mass is 327 g/mol. The van der Waals surface area contributed by atoms with Crippen molar-refractivity contribution in [2.45, 2.75) is 0 Å². The van der Waals surface area contributed by atoms with Crippen LogP contribution in [0.3, 0.4) is 0 Å². The van der Waals surface area contributed by atoms with Gasteiger partial charge in [0.25, 0.3) is 0 Å². The molecule has 0 radical (unpaired) electrons. The number of halogens is 4. The van der Waals surface area contributed by atoms with Crippen molar-refractivity contribution in [1.82, 2.24) is 5.43 Å². The van der Waals surface area contributed by atoms with Crippen molar-refractivity contribution < 1.29 is 17.6 Å². The third kappa shape index (κ3) is 4.26. The number of hydrazone groups is 1. The molecule has 0 atom stereocenters. The molecule has 0 aliphatic rings. The second-order valence-electron chi connectivity index (χ2n) is 4.12. The summed E-state index contributed by atoms with van der Waals surface area (Å²) in [4.78, 5) is 0. The zero-order chi connectivity index (χ0) is 16.1. The Morgan fingerprint density at radius 1 is 0.955 bits per heavy atom. The Hall–Kier alpha value is -2.48. The number of hydrogen-bond acceptors (Lipinski definition) is 2. The Balaban J connectivity index is 1.94. The predicted molar refractivity (Wildman–Crippen MR) is 79.7 cm³/mol. The molecule has 0 aromatic heterocycles. The minimum atomic E-state index is -1.00. The normalized spacial score (nSPS) is 10.7. The largest absolute Gasteiger partial charge is 0.329 e. The van der Waals surface area contributed by atoms with Crippen LogP contribution in [0.2, 0.25) is 0 Å². The van der Waals surface area contributed by atoms with E-state index in [0.717, 1.165) is 18.2 Å². The standard InChI is InChI=1S/C14H9F4N3S/c15-9-2-4-13(12(18)6-9)20-14(22)21-19-7-8-1-3-10(16)11(17)5-8/h1-7H,(H2,20,21,22). The fraction of sp³-hybridized carbons (Fsp3) is 0. The van der Waals surface area contributed by atoms with Gasteiger partial charge in [-0.3, -0.25) is 5.43 Å². The number of nitrogens with zero attached hydrogens (tertiary/aromatic N) is 1. The number of hydrogen-bond donors (Lipinski definition) is 2. The highest BCUT2D eigenvalue weighted by Gasteiger charge is 2.05. The molecule has 0 heterocycles. The van der Waals surface area contributed by atoms with E-state index >= 15 is 0 Å². The third-order valence-corrected chi connectivity index (χ3v) is 2.70. The van der Waals surface area contributed by atoms with Crippen molar-refractivity contribution in [3.63, 3.8) is 0 Å². The van der Waals surface area contributed by atoms with Gasteiger partial charge in [-0.2, -0.15) is 5.10 Å². The molecule has 0 aliphatic heterocycles. The van der Waals surface area contributed by atoms with Crippen LogP contribution in [-0.2, 0) is 0 Å². The van der Waals surface area contributed by atoms with Crippen molar-refractivity contribution in [3.05, 3.63) is 65.2 Å². The Labute approximate surface area is 128 Å². The Kier molecular flexibility index (Phi) is 5.05. The van der Waals surface area contributed by atoms with Gasteiger partial charge in [-0.25, -0.2) is 17.6 Å². The molecule has 0 amide bonds. The molecule has 3 nitrogen and oxygen atoms in total. The van der Waals surface area contributed by atoms with E-state index in [-0.39, 0.29) is 10.8 Å². The van der Waals surface area contributed by atoms with E-state index < -0.39 is 23.3 Å². The van der Waals surface area contributed by atoms with Crippen LogP contribution in [0.15, 0.2) is 41.5 Å². The van der Waals surface area contributed by atoms with E-state index in [1.165, 1.54) is 18.3 Å². The number of nitrogens with one attached hydrogen (secondary N) is 2. The number of anilines is 1. The van der Waals surface area contributed by atoms with E-state index in [1.807, 2.05) is 0 Å². The van der Waals surface area contributed by atoms with Gasteiger partial charge in [0.15, 0.2) is 16.7 Å². The zero-order valence-electron chi connectivity index (χ0n) is 10.9. The zero-order valence-corrected chi connectivity index (χ0v) is 11.7. The second-order valence-corrected chi connectivity index (χ2v) is 4.53. The summed E-state index contributed by atoms with van der Waals surface area (Å²) < 4.78 is 51.8. The van der Waals surface area contributed by atoms with Crippen molar-refractivity contribution in [1.29, 1.82) is 0 Å². The molecule has 2 N–H and O–H groups in total. The first-order chi connectivity index (χ1) is 10.5. The van der Waals surface area contributed by atoms with Crippen molar-refractivity contribution in [2.24, 2.45) is 5.10 Å². The molecule has 0 saturated carbocycles. The van der Waals surface area contributed by atoms with Gasteiger partial charge in [0, 0.05) is 6.07 Å². The maximum Gasteiger partial charge on any atom is 0.191 e. The molecular weight excluding hydrogens is 318 g/mol. The van der Waals surface area contributed by atoms with Gasteiger partial charge >= 0.3 is 0 Å². The summed E-state index contributed by atoms with van der Waals surface area (Å²) in [7, 11) is 0. The van der Waals surface area contributed by atoms with Gasteiger partial charge in [-0.15, -0.1) is 0 Å². The second kappa shape index (κ2) is 6.99. The maximum atomic E-state index is 13.4. The molecule has 0 spiro atoms. The molecular formula is C14H9F4N3S. The van der Waals surface area contributed by atoms with Crippen LogP contribution < -0.4 is 10.7 Å². The average Bonchev–Trinajstić information content (AvgIpc) is 2.46. The van der Waals surface area contributed by atoms with Gasteiger partial charge < -0.3 is 5.32 Å². The van der Waals surface area contributed by atoms with E-state index in [4.69, 9.17) is 12.2 Å². The van der Waals surface area contributed by atoms with E-state index in [9.17, 15) is 17.6 Å². The lowest BCUT2D eigenvalue weighted by Crippen LogP contribution is -2.24. The van der Waals surface area contributed by atoms with Gasteiger partial charge in [-0.05, 0) is 42.0 Å². The highest BCUT2D eigenvalue weighted by molar-refractivity contribution is 7.80. The summed E-state index contributed by atoms with van der Waals surface area (Å²) in [6.07, 6.45) is 1.21. The predicted octanol–water partition coefficient (Wildman–Crippen LogP) is 3.56. The third-order valence-electron chi connectivity index (χ3n) is 2.50. The first-order valence-electron chi connectivity index (χ1n) is 5.96. The SMILES string of the molecule is Fc1ccc(NC(=S)NN=Cc2ccc(F)c(F)c2)c(F)c1. The molecule has 8 heteroatoms. The Morgan fingerprint density at radius 3 is 2.41 bits per heavy atom. The summed E-state index contributed by atoms with van der Waals surface area (Å²) in [6.45, 7) is 0. The van der Waals surface area contributed by atoms with E-state index in [1.54, 1.807) is 0 Å². The lowest BCUT2D eigenvalue weighted by atomic mass is 10.2. The van der Waals surface area contributed by atoms with Gasteiger partial charge in [0.05, 0.1) is 11.9 Å². The lowest BCUT2D eigenvalue weighted by molar-refractivity contribution is 0.508. The Bertz CT molecular complexity index is 734. The molecule has 2 rings (SSSR count). The van der Waals surface area contributed by atoms with Crippen molar-refractivity contribution in [3.8, 4) is 0 Å². The summed E-state index contributed by atoms with van der Waals surface area (Å²) in [5.74, 6) is -3.49. The minimum absolute atomic E-state index is 0.0260. The summed E-state index contributed by atoms with van der Waals surface area (Å²) in [6, 6.07) is 6.18. The first-order valence-corrected chi connectivity index (χ1v) is 6.36. The van der Waals surface area contributed by atoms with Crippen LogP contribution in [0.1, 0.15) is 5.56 Å². The quantitative estimate of drug-likeness (QED) is 0.392. The lowest BCUT2D eigenvalue weighted by Gasteiger charge is -2.07. The average molecular weight is 327 g/mol. The van der Waals surface area contributed by atoms with Crippen molar-refractivity contribution >= 4 is 29.2 Å². The molecule has 2 aromatic carbocycles. The fourth-order valence-electron chi connectivity index (χ4n) is 1.50. The number of rotatable bonds is 3. The molecule has 0 bridgehead atoms. The molecule has 0 aliphatic carbocycles. The topological polar surface area (TPSA) is 36.4 Å². The minimum Gasteiger partial charge on any atom is -0.329 e. The van der Waals surface area contributed by atoms with Gasteiger partial charge in [0.1, 0.15) is 11.6 Å². The van der Waals surface area contributed by atoms with Crippen molar-refractivity contribution in [2.75, 3.05) is 5.32 Å². The van der Waals surface area contributed by atoms with Crippen LogP contribution in [0.4, 0.5) is 23.2 Å². The van der Waals surface area contributed by atoms with Crippen LogP contribution >= 0.6 is 12.2 Å². The van der Waals surface area contributed by atoms with Crippen LogP contribution in [0, 0.1) is 23.3 Å². The number of thiocarbonyl (C=S) groups is 1. The highest BCUT2D eigenvalue weighted by atomic mass is 32.1. The smallest absolute Gasteiger partial charge is 0.191 e. The van der Waals surface area contributed by atoms with Crippen LogP contribution in [0.25, 0.3) is 0 Å². The van der Waals surface area contributed by atoms with Crippen LogP contribution in [-0.4, -0.2) is 11.3 Å².